The summed E-state index contributed by atoms with van der Waals surface area (Å²) in [5, 5.41) is 0. The first kappa shape index (κ1) is 9.56. The van der Waals surface area contributed by atoms with E-state index in [2.05, 4.69) is 0 Å². The van der Waals surface area contributed by atoms with Crippen LogP contribution >= 0.6 is 0 Å². The number of methoxy groups -OCH3 is 1. The molecule has 4 heteroatoms. The van der Waals surface area contributed by atoms with Crippen LogP contribution in [0.2, 0.25) is 0 Å². The summed E-state index contributed by atoms with van der Waals surface area (Å²) < 4.78 is 16.0. The SMILES string of the molecule is [B]c1ccc(OC)c(C2OCCO2)c1. The van der Waals surface area contributed by atoms with Gasteiger partial charge >= 0.3 is 0 Å². The summed E-state index contributed by atoms with van der Waals surface area (Å²) in [7, 11) is 7.30. The minimum Gasteiger partial charge on any atom is -0.496 e. The summed E-state index contributed by atoms with van der Waals surface area (Å²) in [6.45, 7) is 1.23. The number of benzene rings is 1. The molecule has 1 aliphatic rings. The van der Waals surface area contributed by atoms with Crippen LogP contribution in [-0.2, 0) is 9.47 Å². The zero-order valence-corrected chi connectivity index (χ0v) is 8.03. The Morgan fingerprint density at radius 1 is 1.36 bits per heavy atom. The average molecular weight is 190 g/mol. The third-order valence-electron chi connectivity index (χ3n) is 2.13. The van der Waals surface area contributed by atoms with Crippen LogP contribution in [0, 0.1) is 0 Å². The molecule has 0 N–H and O–H groups in total. The van der Waals surface area contributed by atoms with Crippen molar-refractivity contribution in [3.8, 4) is 5.75 Å². The minimum atomic E-state index is -0.339. The first-order valence-corrected chi connectivity index (χ1v) is 4.48. The van der Waals surface area contributed by atoms with E-state index in [4.69, 9.17) is 22.1 Å². The highest BCUT2D eigenvalue weighted by atomic mass is 16.7. The number of ether oxygens (including phenoxy) is 3. The van der Waals surface area contributed by atoms with Crippen LogP contribution in [0.3, 0.4) is 0 Å². The van der Waals surface area contributed by atoms with Crippen molar-refractivity contribution in [3.05, 3.63) is 23.8 Å². The van der Waals surface area contributed by atoms with Crippen LogP contribution in [0.4, 0.5) is 0 Å². The normalized spacial score (nSPS) is 17.2. The Labute approximate surface area is 84.4 Å². The second-order valence-electron chi connectivity index (χ2n) is 3.07. The van der Waals surface area contributed by atoms with Gasteiger partial charge in [0.1, 0.15) is 13.6 Å². The molecule has 1 heterocycles. The van der Waals surface area contributed by atoms with Gasteiger partial charge in [0.05, 0.1) is 20.3 Å². The maximum atomic E-state index is 5.68. The molecule has 3 nitrogen and oxygen atoms in total. The third-order valence-corrected chi connectivity index (χ3v) is 2.13. The second kappa shape index (κ2) is 4.03. The Kier molecular flexibility index (Phi) is 2.75. The van der Waals surface area contributed by atoms with Gasteiger partial charge in [0.25, 0.3) is 0 Å². The van der Waals surface area contributed by atoms with Gasteiger partial charge in [-0.15, -0.1) is 0 Å². The second-order valence-corrected chi connectivity index (χ2v) is 3.07. The maximum Gasteiger partial charge on any atom is 0.187 e. The van der Waals surface area contributed by atoms with Crippen molar-refractivity contribution >= 4 is 13.3 Å². The van der Waals surface area contributed by atoms with E-state index < -0.39 is 0 Å². The lowest BCUT2D eigenvalue weighted by atomic mass is 9.94. The smallest absolute Gasteiger partial charge is 0.187 e. The van der Waals surface area contributed by atoms with Gasteiger partial charge in [0.2, 0.25) is 0 Å². The van der Waals surface area contributed by atoms with E-state index in [0.717, 1.165) is 11.3 Å². The van der Waals surface area contributed by atoms with Gasteiger partial charge in [0, 0.05) is 5.56 Å². The van der Waals surface area contributed by atoms with Gasteiger partial charge in [0.15, 0.2) is 6.29 Å². The topological polar surface area (TPSA) is 27.7 Å². The molecule has 1 fully saturated rings. The predicted octanol–water partition coefficient (Wildman–Crippen LogP) is 0.534. The zero-order valence-electron chi connectivity index (χ0n) is 8.03. The minimum absolute atomic E-state index is 0.339. The highest BCUT2D eigenvalue weighted by Gasteiger charge is 2.21. The molecule has 1 aromatic rings. The van der Waals surface area contributed by atoms with Crippen molar-refractivity contribution in [2.45, 2.75) is 6.29 Å². The van der Waals surface area contributed by atoms with Crippen LogP contribution in [0.25, 0.3) is 0 Å². The van der Waals surface area contributed by atoms with Gasteiger partial charge in [-0.1, -0.05) is 17.6 Å². The summed E-state index contributed by atoms with van der Waals surface area (Å²) in [4.78, 5) is 0. The Hall–Kier alpha value is -0.995. The Balaban J connectivity index is 2.33. The molecule has 2 rings (SSSR count). The Bertz CT molecular complexity index is 321. The van der Waals surface area contributed by atoms with E-state index in [-0.39, 0.29) is 6.29 Å². The van der Waals surface area contributed by atoms with Gasteiger partial charge in [-0.2, -0.15) is 0 Å². The predicted molar refractivity (Wildman–Crippen MR) is 53.0 cm³/mol. The van der Waals surface area contributed by atoms with E-state index in [1.807, 2.05) is 12.1 Å². The Morgan fingerprint density at radius 2 is 2.07 bits per heavy atom. The van der Waals surface area contributed by atoms with Crippen LogP contribution in [-0.4, -0.2) is 28.2 Å². The van der Waals surface area contributed by atoms with Gasteiger partial charge in [-0.3, -0.25) is 0 Å². The molecule has 1 aliphatic heterocycles. The van der Waals surface area contributed by atoms with Crippen molar-refractivity contribution in [1.82, 2.24) is 0 Å². The first-order valence-electron chi connectivity index (χ1n) is 4.48. The average Bonchev–Trinajstić information content (AvgIpc) is 2.70. The fraction of sp³-hybridized carbons (Fsp3) is 0.400. The molecular formula is C10H11BO3. The number of hydrogen-bond donors (Lipinski definition) is 0. The Morgan fingerprint density at radius 3 is 2.71 bits per heavy atom. The van der Waals surface area contributed by atoms with E-state index >= 15 is 0 Å². The van der Waals surface area contributed by atoms with Crippen LogP contribution in [0.1, 0.15) is 11.9 Å². The van der Waals surface area contributed by atoms with Crippen molar-refractivity contribution in [2.24, 2.45) is 0 Å². The molecule has 0 saturated carbocycles. The van der Waals surface area contributed by atoms with E-state index in [9.17, 15) is 0 Å². The van der Waals surface area contributed by atoms with Gasteiger partial charge in [-0.05, 0) is 6.07 Å². The summed E-state index contributed by atoms with van der Waals surface area (Å²) in [5.41, 5.74) is 1.53. The molecule has 0 bridgehead atoms. The summed E-state index contributed by atoms with van der Waals surface area (Å²) in [6, 6.07) is 5.42. The van der Waals surface area contributed by atoms with Crippen LogP contribution in [0.5, 0.6) is 5.75 Å². The number of hydrogen-bond acceptors (Lipinski definition) is 3. The van der Waals surface area contributed by atoms with E-state index in [0.29, 0.717) is 18.7 Å². The van der Waals surface area contributed by atoms with E-state index in [1.54, 1.807) is 13.2 Å². The van der Waals surface area contributed by atoms with Crippen molar-refractivity contribution in [3.63, 3.8) is 0 Å². The molecule has 72 valence electrons. The molecule has 1 saturated heterocycles. The maximum absolute atomic E-state index is 5.68. The van der Waals surface area contributed by atoms with Crippen LogP contribution in [0.15, 0.2) is 18.2 Å². The lowest BCUT2D eigenvalue weighted by Gasteiger charge is -2.14. The lowest BCUT2D eigenvalue weighted by Crippen LogP contribution is -2.08. The first-order chi connectivity index (χ1) is 6.81. The van der Waals surface area contributed by atoms with Gasteiger partial charge in [-0.25, -0.2) is 0 Å². The quantitative estimate of drug-likeness (QED) is 0.636. The fourth-order valence-electron chi connectivity index (χ4n) is 1.47. The molecule has 0 spiro atoms. The zero-order chi connectivity index (χ0) is 9.97. The lowest BCUT2D eigenvalue weighted by molar-refractivity contribution is -0.0454. The molecule has 0 atom stereocenters. The molecular weight excluding hydrogens is 179 g/mol. The fourth-order valence-corrected chi connectivity index (χ4v) is 1.47. The van der Waals surface area contributed by atoms with Crippen molar-refractivity contribution in [2.75, 3.05) is 20.3 Å². The largest absolute Gasteiger partial charge is 0.496 e. The third kappa shape index (κ3) is 1.76. The highest BCUT2D eigenvalue weighted by molar-refractivity contribution is 6.32. The molecule has 2 radical (unpaired) electrons. The summed E-state index contributed by atoms with van der Waals surface area (Å²) >= 11 is 0. The molecule has 0 aliphatic carbocycles. The molecule has 1 aromatic carbocycles. The molecule has 0 amide bonds. The van der Waals surface area contributed by atoms with Crippen molar-refractivity contribution < 1.29 is 14.2 Å². The van der Waals surface area contributed by atoms with E-state index in [1.165, 1.54) is 0 Å². The van der Waals surface area contributed by atoms with Crippen molar-refractivity contribution in [1.29, 1.82) is 0 Å². The van der Waals surface area contributed by atoms with Gasteiger partial charge < -0.3 is 14.2 Å². The summed E-state index contributed by atoms with van der Waals surface area (Å²) in [5.74, 6) is 0.742. The van der Waals surface area contributed by atoms with Crippen LogP contribution < -0.4 is 10.2 Å². The monoisotopic (exact) mass is 190 g/mol. The molecule has 0 unspecified atom stereocenters. The standard InChI is InChI=1S/C10H11BO3/c1-12-9-3-2-7(11)6-8(9)10-13-4-5-14-10/h2-3,6,10H,4-5H2,1H3. The summed E-state index contributed by atoms with van der Waals surface area (Å²) in [6.07, 6.45) is -0.339. The number of rotatable bonds is 2. The molecule has 0 aromatic heterocycles. The molecule has 14 heavy (non-hydrogen) atoms. The highest BCUT2D eigenvalue weighted by Crippen LogP contribution is 2.29.